The summed E-state index contributed by atoms with van der Waals surface area (Å²) in [6.45, 7) is 1.58. The first-order valence-electron chi connectivity index (χ1n) is 2.77. The Labute approximate surface area is 71.6 Å². The van der Waals surface area contributed by atoms with E-state index in [1.165, 1.54) is 0 Å². The quantitative estimate of drug-likeness (QED) is 0.387. The molecule has 58 valence electrons. The molecular formula is C5H10F3LiO. The van der Waals surface area contributed by atoms with Gasteiger partial charge in [0.25, 0.3) is 0 Å². The smallest absolute Gasteiger partial charge is 1.00 e. The third kappa shape index (κ3) is 11.2. The minimum atomic E-state index is -4.45. The minimum Gasteiger partial charge on any atom is -1.00 e. The number of unbranched alkanes of at least 4 members (excludes halogenated alkanes) is 1. The van der Waals surface area contributed by atoms with Crippen LogP contribution in [0.4, 0.5) is 13.2 Å². The van der Waals surface area contributed by atoms with Gasteiger partial charge in [-0.1, -0.05) is 13.3 Å². The molecule has 0 aromatic rings. The second-order valence-corrected chi connectivity index (χ2v) is 1.65. The Balaban J connectivity index is -0.000000320. The SMILES string of the molecule is CCCCOC(F)(F)F.[H-].[Li+]. The molecule has 1 nitrogen and oxygen atoms in total. The molecule has 0 saturated carbocycles. The fourth-order valence-corrected chi connectivity index (χ4v) is 0.332. The van der Waals surface area contributed by atoms with Crippen molar-refractivity contribution in [2.45, 2.75) is 26.1 Å². The third-order valence-corrected chi connectivity index (χ3v) is 0.764. The molecule has 0 unspecified atom stereocenters. The average molecular weight is 150 g/mol. The molecule has 0 aliphatic carbocycles. The molecule has 0 radical (unpaired) electrons. The Kier molecular flexibility index (Phi) is 7.89. The van der Waals surface area contributed by atoms with Gasteiger partial charge in [-0.3, -0.25) is 4.74 Å². The summed E-state index contributed by atoms with van der Waals surface area (Å²) in [6, 6.07) is 0. The van der Waals surface area contributed by atoms with Crippen LogP contribution >= 0.6 is 0 Å². The molecule has 10 heavy (non-hydrogen) atoms. The molecule has 0 bridgehead atoms. The van der Waals surface area contributed by atoms with E-state index < -0.39 is 6.36 Å². The molecule has 0 heterocycles. The maximum Gasteiger partial charge on any atom is 1.00 e. The number of halogens is 3. The van der Waals surface area contributed by atoms with Crippen LogP contribution in [0.2, 0.25) is 0 Å². The van der Waals surface area contributed by atoms with Gasteiger partial charge in [0, 0.05) is 0 Å². The van der Waals surface area contributed by atoms with Crippen LogP contribution in [0.25, 0.3) is 0 Å². The van der Waals surface area contributed by atoms with Gasteiger partial charge in [0.05, 0.1) is 6.61 Å². The largest absolute Gasteiger partial charge is 1.00 e. The van der Waals surface area contributed by atoms with Crippen molar-refractivity contribution in [3.63, 3.8) is 0 Å². The van der Waals surface area contributed by atoms with Gasteiger partial charge in [0.2, 0.25) is 0 Å². The predicted molar refractivity (Wildman–Crippen MR) is 28.0 cm³/mol. The van der Waals surface area contributed by atoms with Crippen molar-refractivity contribution in [2.24, 2.45) is 0 Å². The van der Waals surface area contributed by atoms with E-state index in [-0.39, 0.29) is 26.9 Å². The summed E-state index contributed by atoms with van der Waals surface area (Å²) >= 11 is 0. The van der Waals surface area contributed by atoms with Gasteiger partial charge in [-0.2, -0.15) is 0 Å². The maximum atomic E-state index is 11.2. The molecule has 0 fully saturated rings. The van der Waals surface area contributed by atoms with Crippen molar-refractivity contribution >= 4 is 0 Å². The zero-order valence-corrected chi connectivity index (χ0v) is 6.16. The summed E-state index contributed by atoms with van der Waals surface area (Å²) in [5.74, 6) is 0. The Morgan fingerprint density at radius 2 is 1.90 bits per heavy atom. The summed E-state index contributed by atoms with van der Waals surface area (Å²) in [6.07, 6.45) is -3.27. The molecule has 0 rings (SSSR count). The fourth-order valence-electron chi connectivity index (χ4n) is 0.332. The summed E-state index contributed by atoms with van der Waals surface area (Å²) in [5.41, 5.74) is 0. The normalized spacial score (nSPS) is 10.8. The predicted octanol–water partition coefficient (Wildman–Crippen LogP) is -0.561. The Hall–Kier alpha value is 0.347. The van der Waals surface area contributed by atoms with Crippen molar-refractivity contribution < 1.29 is 38.2 Å². The van der Waals surface area contributed by atoms with Gasteiger partial charge in [0.15, 0.2) is 0 Å². The Morgan fingerprint density at radius 1 is 1.40 bits per heavy atom. The number of ether oxygens (including phenoxy) is 1. The number of alkyl halides is 3. The first-order chi connectivity index (χ1) is 4.06. The molecule has 0 N–H and O–H groups in total. The van der Waals surface area contributed by atoms with E-state index in [9.17, 15) is 13.2 Å². The van der Waals surface area contributed by atoms with Crippen LogP contribution in [0.1, 0.15) is 21.2 Å². The van der Waals surface area contributed by atoms with E-state index in [4.69, 9.17) is 0 Å². The van der Waals surface area contributed by atoms with Gasteiger partial charge in [-0.05, 0) is 6.42 Å². The molecule has 5 heteroatoms. The van der Waals surface area contributed by atoms with Crippen molar-refractivity contribution in [3.05, 3.63) is 0 Å². The van der Waals surface area contributed by atoms with Crippen LogP contribution in [0.5, 0.6) is 0 Å². The summed E-state index contributed by atoms with van der Waals surface area (Å²) < 4.78 is 36.9. The van der Waals surface area contributed by atoms with Crippen LogP contribution in [-0.2, 0) is 4.74 Å². The van der Waals surface area contributed by atoms with E-state index in [2.05, 4.69) is 4.74 Å². The van der Waals surface area contributed by atoms with E-state index in [1.807, 2.05) is 0 Å². The molecular weight excluding hydrogens is 140 g/mol. The molecule has 0 aromatic carbocycles. The first kappa shape index (κ1) is 13.0. The monoisotopic (exact) mass is 150 g/mol. The van der Waals surface area contributed by atoms with Gasteiger partial charge in [-0.25, -0.2) is 0 Å². The van der Waals surface area contributed by atoms with Crippen LogP contribution in [0.3, 0.4) is 0 Å². The second-order valence-electron chi connectivity index (χ2n) is 1.65. The van der Waals surface area contributed by atoms with E-state index >= 15 is 0 Å². The summed E-state index contributed by atoms with van der Waals surface area (Å²) in [4.78, 5) is 0. The Bertz CT molecular complexity index is 78.6. The third-order valence-electron chi connectivity index (χ3n) is 0.764. The van der Waals surface area contributed by atoms with E-state index in [0.29, 0.717) is 6.42 Å². The second kappa shape index (κ2) is 6.08. The number of hydrogen-bond donors (Lipinski definition) is 0. The minimum absolute atomic E-state index is 0. The van der Waals surface area contributed by atoms with Crippen molar-refractivity contribution in [1.82, 2.24) is 0 Å². The van der Waals surface area contributed by atoms with Crippen molar-refractivity contribution in [2.75, 3.05) is 6.61 Å². The van der Waals surface area contributed by atoms with Crippen molar-refractivity contribution in [3.8, 4) is 0 Å². The molecule has 0 aromatic heterocycles. The zero-order chi connectivity index (χ0) is 7.33. The molecule has 0 amide bonds. The maximum absolute atomic E-state index is 11.2. The number of rotatable bonds is 3. The standard InChI is InChI=1S/C5H9F3O.Li.H/c1-2-3-4-9-5(6,7)8;;/h2-4H2,1H3;;/q;+1;-1. The Morgan fingerprint density at radius 3 is 2.20 bits per heavy atom. The van der Waals surface area contributed by atoms with Crippen LogP contribution in [0, 0.1) is 0 Å². The summed E-state index contributed by atoms with van der Waals surface area (Å²) in [7, 11) is 0. The zero-order valence-electron chi connectivity index (χ0n) is 7.16. The van der Waals surface area contributed by atoms with Crippen LogP contribution in [-0.4, -0.2) is 13.0 Å². The summed E-state index contributed by atoms with van der Waals surface area (Å²) in [5, 5.41) is 0. The molecule has 0 aliphatic heterocycles. The molecule has 0 atom stereocenters. The topological polar surface area (TPSA) is 9.23 Å². The van der Waals surface area contributed by atoms with E-state index in [0.717, 1.165) is 6.42 Å². The first-order valence-corrected chi connectivity index (χ1v) is 2.77. The van der Waals surface area contributed by atoms with Crippen LogP contribution < -0.4 is 18.9 Å². The van der Waals surface area contributed by atoms with Gasteiger partial charge in [0.1, 0.15) is 0 Å². The fraction of sp³-hybridized carbons (Fsp3) is 1.00. The molecule has 0 spiro atoms. The van der Waals surface area contributed by atoms with E-state index in [1.54, 1.807) is 6.92 Å². The molecule has 0 aliphatic rings. The van der Waals surface area contributed by atoms with Crippen molar-refractivity contribution in [1.29, 1.82) is 0 Å². The van der Waals surface area contributed by atoms with Gasteiger partial charge >= 0.3 is 25.2 Å². The average Bonchev–Trinajstić information content (AvgIpc) is 1.63. The molecule has 0 saturated heterocycles. The number of hydrogen-bond acceptors (Lipinski definition) is 1. The van der Waals surface area contributed by atoms with Crippen LogP contribution in [0.15, 0.2) is 0 Å². The van der Waals surface area contributed by atoms with Gasteiger partial charge in [-0.15, -0.1) is 13.2 Å². The van der Waals surface area contributed by atoms with Gasteiger partial charge < -0.3 is 1.43 Å².